The summed E-state index contributed by atoms with van der Waals surface area (Å²) in [7, 11) is 0.121. The molecule has 0 heterocycles. The molecular formula is C23H33N5O4S. The van der Waals surface area contributed by atoms with Crippen LogP contribution in [0.3, 0.4) is 0 Å². The Morgan fingerprint density at radius 3 is 2.00 bits per heavy atom. The molecule has 9 nitrogen and oxygen atoms in total. The van der Waals surface area contributed by atoms with Gasteiger partial charge < -0.3 is 10.2 Å². The molecule has 4 N–H and O–H groups in total. The van der Waals surface area contributed by atoms with Crippen LogP contribution in [0.1, 0.15) is 32.8 Å². The lowest BCUT2D eigenvalue weighted by atomic mass is 9.87. The molecule has 0 spiro atoms. The van der Waals surface area contributed by atoms with Gasteiger partial charge in [-0.2, -0.15) is 0 Å². The fourth-order valence-corrected chi connectivity index (χ4v) is 3.89. The highest BCUT2D eigenvalue weighted by molar-refractivity contribution is 7.92. The van der Waals surface area contributed by atoms with E-state index in [0.29, 0.717) is 17.9 Å². The van der Waals surface area contributed by atoms with Gasteiger partial charge in [0.1, 0.15) is 0 Å². The first-order chi connectivity index (χ1) is 15.4. The van der Waals surface area contributed by atoms with E-state index in [1.54, 1.807) is 36.4 Å². The van der Waals surface area contributed by atoms with E-state index in [1.165, 1.54) is 0 Å². The van der Waals surface area contributed by atoms with Crippen molar-refractivity contribution in [2.45, 2.75) is 37.5 Å². The second kappa shape index (κ2) is 11.2. The van der Waals surface area contributed by atoms with Gasteiger partial charge in [-0.25, -0.2) is 8.42 Å². The Morgan fingerprint density at radius 2 is 1.45 bits per heavy atom. The van der Waals surface area contributed by atoms with E-state index in [1.807, 2.05) is 31.1 Å². The van der Waals surface area contributed by atoms with Crippen molar-refractivity contribution in [3.05, 3.63) is 54.1 Å². The van der Waals surface area contributed by atoms with Crippen LogP contribution in [-0.4, -0.2) is 52.3 Å². The summed E-state index contributed by atoms with van der Waals surface area (Å²) in [5.74, 6) is -1.55. The van der Waals surface area contributed by atoms with Crippen LogP contribution in [0.15, 0.2) is 53.4 Å². The zero-order valence-electron chi connectivity index (χ0n) is 19.7. The largest absolute Gasteiger partial charge is 0.348 e. The molecule has 0 unspecified atom stereocenters. The highest BCUT2D eigenvalue weighted by Gasteiger charge is 2.18. The predicted molar refractivity (Wildman–Crippen MR) is 130 cm³/mol. The van der Waals surface area contributed by atoms with E-state index >= 15 is 0 Å². The number of nitrogens with one attached hydrogen (secondary N) is 4. The van der Waals surface area contributed by atoms with E-state index < -0.39 is 21.8 Å². The number of rotatable bonds is 9. The van der Waals surface area contributed by atoms with Gasteiger partial charge >= 0.3 is 11.8 Å². The third-order valence-corrected chi connectivity index (χ3v) is 6.16. The summed E-state index contributed by atoms with van der Waals surface area (Å²) in [6.07, 6.45) is 0.734. The number of carbonyl (C=O) groups is 2. The Labute approximate surface area is 196 Å². The van der Waals surface area contributed by atoms with Gasteiger partial charge in [-0.3, -0.25) is 25.2 Å². The van der Waals surface area contributed by atoms with Crippen LogP contribution < -0.4 is 20.9 Å². The quantitative estimate of drug-likeness (QED) is 0.251. The molecule has 180 valence electrons. The monoisotopic (exact) mass is 475 g/mol. The molecule has 2 aromatic rings. The maximum absolute atomic E-state index is 12.7. The maximum atomic E-state index is 12.7. The van der Waals surface area contributed by atoms with Gasteiger partial charge in [-0.05, 0) is 74.4 Å². The van der Waals surface area contributed by atoms with Crippen molar-refractivity contribution in [1.82, 2.24) is 15.6 Å². The summed E-state index contributed by atoms with van der Waals surface area (Å²) < 4.78 is 27.8. The first-order valence-electron chi connectivity index (χ1n) is 10.6. The number of carbonyl (C=O) groups excluding carboxylic acids is 2. The van der Waals surface area contributed by atoms with E-state index in [9.17, 15) is 18.0 Å². The fourth-order valence-electron chi connectivity index (χ4n) is 2.83. The zero-order chi connectivity index (χ0) is 24.6. The van der Waals surface area contributed by atoms with Crippen LogP contribution in [0.4, 0.5) is 11.4 Å². The lowest BCUT2D eigenvalue weighted by Crippen LogP contribution is -2.43. The molecule has 0 saturated carbocycles. The molecule has 0 atom stereocenters. The van der Waals surface area contributed by atoms with Crippen molar-refractivity contribution in [2.24, 2.45) is 0 Å². The van der Waals surface area contributed by atoms with E-state index in [2.05, 4.69) is 41.7 Å². The van der Waals surface area contributed by atoms with Crippen LogP contribution >= 0.6 is 0 Å². The number of benzene rings is 2. The van der Waals surface area contributed by atoms with Gasteiger partial charge in [0.15, 0.2) is 0 Å². The van der Waals surface area contributed by atoms with Gasteiger partial charge in [-0.1, -0.05) is 32.9 Å². The molecular weight excluding hydrogens is 442 g/mol. The number of hydrogen-bond donors (Lipinski definition) is 4. The predicted octanol–water partition coefficient (Wildman–Crippen LogP) is 2.30. The van der Waals surface area contributed by atoms with E-state index in [0.717, 1.165) is 18.5 Å². The first kappa shape index (κ1) is 26.1. The Balaban J connectivity index is 1.88. The van der Waals surface area contributed by atoms with Gasteiger partial charge in [0.2, 0.25) is 0 Å². The fraction of sp³-hybridized carbons (Fsp3) is 0.391. The summed E-state index contributed by atoms with van der Waals surface area (Å²) in [5.41, 5.74) is 6.77. The summed E-state index contributed by atoms with van der Waals surface area (Å²) in [4.78, 5) is 25.8. The normalized spacial score (nSPS) is 11.7. The number of anilines is 2. The van der Waals surface area contributed by atoms with Crippen molar-refractivity contribution in [1.29, 1.82) is 0 Å². The third kappa shape index (κ3) is 8.39. The molecule has 0 aromatic heterocycles. The third-order valence-electron chi connectivity index (χ3n) is 4.76. The topological polar surface area (TPSA) is 120 Å². The minimum atomic E-state index is -3.74. The highest BCUT2D eigenvalue weighted by atomic mass is 32.2. The lowest BCUT2D eigenvalue weighted by molar-refractivity contribution is -0.138. The highest BCUT2D eigenvalue weighted by Crippen LogP contribution is 2.24. The molecule has 0 aliphatic carbocycles. The molecule has 2 rings (SSSR count). The van der Waals surface area contributed by atoms with Crippen LogP contribution in [0.5, 0.6) is 0 Å². The van der Waals surface area contributed by atoms with Gasteiger partial charge in [-0.15, -0.1) is 0 Å². The molecule has 0 bridgehead atoms. The molecule has 2 aromatic carbocycles. The second-order valence-electron chi connectivity index (χ2n) is 8.95. The Hall–Kier alpha value is -3.11. The average molecular weight is 476 g/mol. The summed E-state index contributed by atoms with van der Waals surface area (Å²) in [6, 6.07) is 13.0. The Bertz CT molecular complexity index is 1040. The number of hydrogen-bond acceptors (Lipinski definition) is 6. The molecule has 0 fully saturated rings. The second-order valence-corrected chi connectivity index (χ2v) is 10.6. The molecule has 33 heavy (non-hydrogen) atoms. The van der Waals surface area contributed by atoms with Crippen molar-refractivity contribution in [3.8, 4) is 0 Å². The molecule has 0 aliphatic heterocycles. The average Bonchev–Trinajstić information content (AvgIpc) is 2.75. The van der Waals surface area contributed by atoms with Crippen LogP contribution in [-0.2, 0) is 25.0 Å². The smallest absolute Gasteiger partial charge is 0.327 e. The summed E-state index contributed by atoms with van der Waals surface area (Å²) in [5, 5.41) is 2.54. The van der Waals surface area contributed by atoms with Crippen LogP contribution in [0, 0.1) is 0 Å². The minimum absolute atomic E-state index is 0.0687. The molecule has 10 heteroatoms. The van der Waals surface area contributed by atoms with E-state index in [-0.39, 0.29) is 10.3 Å². The van der Waals surface area contributed by atoms with Crippen molar-refractivity contribution in [2.75, 3.05) is 37.3 Å². The molecule has 0 aliphatic rings. The van der Waals surface area contributed by atoms with Crippen LogP contribution in [0.2, 0.25) is 0 Å². The lowest BCUT2D eigenvalue weighted by Gasteiger charge is -2.19. The zero-order valence-corrected chi connectivity index (χ0v) is 20.5. The van der Waals surface area contributed by atoms with Crippen molar-refractivity contribution >= 4 is 33.2 Å². The molecule has 2 amide bonds. The standard InChI is InChI=1S/C23H33N5O4S/c1-23(2,3)17-7-13-20(14-8-17)33(31,32)27-19-11-9-18(10-12-19)25-26-22(30)21(29)24-15-6-16-28(4)5/h7-14,25,27H,6,15-16H2,1-5H3,(H,24,29)(H,26,30). The Kier molecular flexibility index (Phi) is 8.84. The van der Waals surface area contributed by atoms with Crippen molar-refractivity contribution in [3.63, 3.8) is 0 Å². The van der Waals surface area contributed by atoms with Gasteiger partial charge in [0, 0.05) is 12.2 Å². The number of sulfonamides is 1. The SMILES string of the molecule is CN(C)CCCNC(=O)C(=O)NNc1ccc(NS(=O)(=O)c2ccc(C(C)(C)C)cc2)cc1. The van der Waals surface area contributed by atoms with Crippen molar-refractivity contribution < 1.29 is 18.0 Å². The van der Waals surface area contributed by atoms with Gasteiger partial charge in [0.25, 0.3) is 10.0 Å². The number of nitrogens with zero attached hydrogens (tertiary/aromatic N) is 1. The van der Waals surface area contributed by atoms with Crippen LogP contribution in [0.25, 0.3) is 0 Å². The summed E-state index contributed by atoms with van der Waals surface area (Å²) >= 11 is 0. The molecule has 0 saturated heterocycles. The van der Waals surface area contributed by atoms with E-state index in [4.69, 9.17) is 0 Å². The maximum Gasteiger partial charge on any atom is 0.327 e. The first-order valence-corrected chi connectivity index (χ1v) is 12.1. The van der Waals surface area contributed by atoms with Gasteiger partial charge in [0.05, 0.1) is 10.6 Å². The number of hydrazine groups is 1. The molecule has 0 radical (unpaired) electrons. The summed E-state index contributed by atoms with van der Waals surface area (Å²) in [6.45, 7) is 7.39. The minimum Gasteiger partial charge on any atom is -0.348 e. The Morgan fingerprint density at radius 1 is 0.879 bits per heavy atom. The number of amides is 2.